The lowest BCUT2D eigenvalue weighted by molar-refractivity contribution is 0.0910. The summed E-state index contributed by atoms with van der Waals surface area (Å²) >= 11 is 0. The highest BCUT2D eigenvalue weighted by atomic mass is 16.1. The number of nitrogens with one attached hydrogen (secondary N) is 1. The van der Waals surface area contributed by atoms with Crippen molar-refractivity contribution in [1.82, 2.24) is 5.32 Å². The first kappa shape index (κ1) is 13.3. The summed E-state index contributed by atoms with van der Waals surface area (Å²) in [5, 5.41) is 3.15. The van der Waals surface area contributed by atoms with Crippen LogP contribution >= 0.6 is 0 Å². The molecular weight excluding hydrogens is 222 g/mol. The van der Waals surface area contributed by atoms with Gasteiger partial charge in [0, 0.05) is 5.56 Å². The molecule has 0 fully saturated rings. The zero-order valence-corrected chi connectivity index (χ0v) is 12.0. The van der Waals surface area contributed by atoms with Gasteiger partial charge in [0.25, 0.3) is 0 Å². The Kier molecular flexibility index (Phi) is 3.33. The van der Waals surface area contributed by atoms with Crippen molar-refractivity contribution in [3.8, 4) is 0 Å². The van der Waals surface area contributed by atoms with Crippen LogP contribution in [0.1, 0.15) is 61.5 Å². The maximum atomic E-state index is 12.4. The maximum Gasteiger partial charge on any atom is 0.180 e. The summed E-state index contributed by atoms with van der Waals surface area (Å²) in [6, 6.07) is 6.36. The van der Waals surface area contributed by atoms with Crippen molar-refractivity contribution in [2.75, 3.05) is 7.05 Å². The monoisotopic (exact) mass is 245 g/mol. The third kappa shape index (κ3) is 2.10. The highest BCUT2D eigenvalue weighted by Gasteiger charge is 2.37. The Morgan fingerprint density at radius 3 is 2.56 bits per heavy atom. The molecule has 0 aliphatic heterocycles. The number of fused-ring (bicyclic) bond motifs is 1. The van der Waals surface area contributed by atoms with E-state index in [4.69, 9.17) is 0 Å². The van der Waals surface area contributed by atoms with Gasteiger partial charge in [-0.3, -0.25) is 4.79 Å². The minimum Gasteiger partial charge on any atom is -0.310 e. The molecule has 2 heteroatoms. The molecule has 2 rings (SSSR count). The van der Waals surface area contributed by atoms with Gasteiger partial charge in [-0.05, 0) is 42.0 Å². The van der Waals surface area contributed by atoms with Gasteiger partial charge in [-0.2, -0.15) is 0 Å². The smallest absolute Gasteiger partial charge is 0.180 e. The molecule has 98 valence electrons. The fourth-order valence-electron chi connectivity index (χ4n) is 2.85. The molecule has 1 unspecified atom stereocenters. The predicted molar refractivity (Wildman–Crippen MR) is 75.4 cm³/mol. The molecule has 2 nitrogen and oxygen atoms in total. The highest BCUT2D eigenvalue weighted by Crippen LogP contribution is 2.37. The second-order valence-electron chi connectivity index (χ2n) is 6.25. The quantitative estimate of drug-likeness (QED) is 0.866. The zero-order valence-electron chi connectivity index (χ0n) is 12.0. The summed E-state index contributed by atoms with van der Waals surface area (Å²) in [5.74, 6) is 0.704. The van der Waals surface area contributed by atoms with E-state index < -0.39 is 0 Å². The van der Waals surface area contributed by atoms with Crippen molar-refractivity contribution in [2.24, 2.45) is 0 Å². The van der Waals surface area contributed by atoms with E-state index in [-0.39, 0.29) is 17.2 Å². The molecule has 1 N–H and O–H groups in total. The molecule has 0 heterocycles. The molecule has 1 aromatic carbocycles. The van der Waals surface area contributed by atoms with Gasteiger partial charge >= 0.3 is 0 Å². The van der Waals surface area contributed by atoms with Crippen LogP contribution in [0.2, 0.25) is 0 Å². The van der Waals surface area contributed by atoms with Gasteiger partial charge in [0.05, 0.1) is 6.04 Å². The number of rotatable bonds is 2. The van der Waals surface area contributed by atoms with Crippen molar-refractivity contribution in [2.45, 2.75) is 51.5 Å². The van der Waals surface area contributed by atoms with Crippen molar-refractivity contribution in [3.05, 3.63) is 34.9 Å². The van der Waals surface area contributed by atoms with Crippen LogP contribution in [0.4, 0.5) is 0 Å². The average Bonchev–Trinajstić information content (AvgIpc) is 2.33. The van der Waals surface area contributed by atoms with Gasteiger partial charge in [-0.15, -0.1) is 0 Å². The van der Waals surface area contributed by atoms with Gasteiger partial charge in [-0.25, -0.2) is 0 Å². The van der Waals surface area contributed by atoms with Crippen LogP contribution in [0.5, 0.6) is 0 Å². The largest absolute Gasteiger partial charge is 0.310 e. The third-order valence-electron chi connectivity index (χ3n) is 4.08. The Labute approximate surface area is 110 Å². The normalized spacial score (nSPS) is 22.1. The van der Waals surface area contributed by atoms with E-state index in [1.54, 1.807) is 0 Å². The Balaban J connectivity index is 2.56. The summed E-state index contributed by atoms with van der Waals surface area (Å²) < 4.78 is 0. The lowest BCUT2D eigenvalue weighted by Gasteiger charge is -2.36. The highest BCUT2D eigenvalue weighted by molar-refractivity contribution is 6.03. The standard InChI is InChI=1S/C16H23NO/c1-10(2)11-6-7-13-12(8-11)15(18)14(17-5)9-16(13,3)4/h6-8,10,14,17H,9H2,1-5H3. The molecular formula is C16H23NO. The molecule has 18 heavy (non-hydrogen) atoms. The molecule has 0 saturated carbocycles. The van der Waals surface area contributed by atoms with Gasteiger partial charge in [0.2, 0.25) is 0 Å². The van der Waals surface area contributed by atoms with E-state index in [2.05, 4.69) is 51.2 Å². The fourth-order valence-corrected chi connectivity index (χ4v) is 2.85. The van der Waals surface area contributed by atoms with Gasteiger partial charge in [0.1, 0.15) is 0 Å². The van der Waals surface area contributed by atoms with E-state index >= 15 is 0 Å². The van der Waals surface area contributed by atoms with Gasteiger partial charge in [-0.1, -0.05) is 39.8 Å². The van der Waals surface area contributed by atoms with Crippen molar-refractivity contribution in [1.29, 1.82) is 0 Å². The number of carbonyl (C=O) groups is 1. The number of Topliss-reactive ketones (excluding diaryl/α,β-unsaturated/α-hetero) is 1. The molecule has 1 aliphatic rings. The zero-order chi connectivity index (χ0) is 13.5. The average molecular weight is 245 g/mol. The van der Waals surface area contributed by atoms with E-state index in [0.717, 1.165) is 12.0 Å². The molecule has 0 aromatic heterocycles. The van der Waals surface area contributed by atoms with Crippen LogP contribution in [0.3, 0.4) is 0 Å². The number of carbonyl (C=O) groups excluding carboxylic acids is 1. The van der Waals surface area contributed by atoms with Crippen LogP contribution in [0, 0.1) is 0 Å². The summed E-state index contributed by atoms with van der Waals surface area (Å²) in [4.78, 5) is 12.4. The molecule has 1 aliphatic carbocycles. The van der Waals surface area contributed by atoms with Crippen LogP contribution < -0.4 is 5.32 Å². The molecule has 0 radical (unpaired) electrons. The minimum absolute atomic E-state index is 0.0464. The van der Waals surface area contributed by atoms with Crippen molar-refractivity contribution < 1.29 is 4.79 Å². The lowest BCUT2D eigenvalue weighted by atomic mass is 9.69. The Hall–Kier alpha value is -1.15. The molecule has 1 aromatic rings. The van der Waals surface area contributed by atoms with E-state index in [1.807, 2.05) is 7.05 Å². The number of hydrogen-bond acceptors (Lipinski definition) is 2. The van der Waals surface area contributed by atoms with Crippen LogP contribution in [0.25, 0.3) is 0 Å². The van der Waals surface area contributed by atoms with E-state index in [1.165, 1.54) is 11.1 Å². The molecule has 1 atom stereocenters. The molecule has 0 bridgehead atoms. The summed E-state index contributed by atoms with van der Waals surface area (Å²) in [6.45, 7) is 8.76. The maximum absolute atomic E-state index is 12.4. The fraction of sp³-hybridized carbons (Fsp3) is 0.562. The lowest BCUT2D eigenvalue weighted by Crippen LogP contribution is -2.44. The first-order valence-electron chi connectivity index (χ1n) is 6.72. The number of hydrogen-bond donors (Lipinski definition) is 1. The Bertz CT molecular complexity index is 474. The number of ketones is 1. The van der Waals surface area contributed by atoms with Crippen molar-refractivity contribution >= 4 is 5.78 Å². The van der Waals surface area contributed by atoms with Crippen molar-refractivity contribution in [3.63, 3.8) is 0 Å². The molecule has 0 saturated heterocycles. The summed E-state index contributed by atoms with van der Waals surface area (Å²) in [6.07, 6.45) is 0.871. The first-order valence-corrected chi connectivity index (χ1v) is 6.72. The number of benzene rings is 1. The molecule has 0 spiro atoms. The number of likely N-dealkylation sites (N-methyl/N-ethyl adjacent to an activating group) is 1. The van der Waals surface area contributed by atoms with Crippen LogP contribution in [-0.2, 0) is 5.41 Å². The SMILES string of the molecule is CNC1CC(C)(C)c2ccc(C(C)C)cc2C1=O. The van der Waals surface area contributed by atoms with Gasteiger partial charge in [0.15, 0.2) is 5.78 Å². The topological polar surface area (TPSA) is 29.1 Å². The predicted octanol–water partition coefficient (Wildman–Crippen LogP) is 3.26. The minimum atomic E-state index is -0.0464. The Morgan fingerprint density at radius 1 is 1.33 bits per heavy atom. The second-order valence-corrected chi connectivity index (χ2v) is 6.25. The van der Waals surface area contributed by atoms with Gasteiger partial charge < -0.3 is 5.32 Å². The van der Waals surface area contributed by atoms with E-state index in [9.17, 15) is 4.79 Å². The van der Waals surface area contributed by atoms with E-state index in [0.29, 0.717) is 5.92 Å². The first-order chi connectivity index (χ1) is 8.36. The third-order valence-corrected chi connectivity index (χ3v) is 4.08. The summed E-state index contributed by atoms with van der Waals surface area (Å²) in [7, 11) is 1.87. The van der Waals surface area contributed by atoms with Crippen LogP contribution in [0.15, 0.2) is 18.2 Å². The summed E-state index contributed by atoms with van der Waals surface area (Å²) in [5.41, 5.74) is 3.42. The molecule has 0 amide bonds. The second kappa shape index (κ2) is 4.51. The Morgan fingerprint density at radius 2 is 2.00 bits per heavy atom. The van der Waals surface area contributed by atoms with Crippen LogP contribution in [-0.4, -0.2) is 18.9 Å².